The average molecular weight is 603 g/mol. The van der Waals surface area contributed by atoms with Crippen LogP contribution in [0.4, 0.5) is 30.7 Å². The number of rotatable bonds is 8. The Kier molecular flexibility index (Phi) is 8.89. The quantitative estimate of drug-likeness (QED) is 0.114. The second-order valence-electron chi connectivity index (χ2n) is 9.93. The maximum absolute atomic E-state index is 15.0. The normalized spacial score (nSPS) is 17.4. The minimum Gasteiger partial charge on any atom is -0.429 e. The van der Waals surface area contributed by atoms with E-state index in [1.165, 1.54) is 30.3 Å². The molecule has 0 aromatic heterocycles. The highest BCUT2D eigenvalue weighted by Crippen LogP contribution is 2.36. The molecule has 224 valence electrons. The molecule has 10 heteroatoms. The van der Waals surface area contributed by atoms with Crippen LogP contribution in [0.25, 0.3) is 22.3 Å². The first-order valence-electron chi connectivity index (χ1n) is 13.4. The van der Waals surface area contributed by atoms with Crippen LogP contribution >= 0.6 is 0 Å². The monoisotopic (exact) mass is 602 g/mol. The van der Waals surface area contributed by atoms with Crippen molar-refractivity contribution in [2.45, 2.75) is 25.7 Å². The Morgan fingerprint density at radius 3 is 1.93 bits per heavy atom. The molecule has 43 heavy (non-hydrogen) atoms. The number of hydrogen-bond donors (Lipinski definition) is 0. The Morgan fingerprint density at radius 1 is 0.744 bits per heavy atom. The van der Waals surface area contributed by atoms with E-state index in [2.05, 4.69) is 0 Å². The molecule has 1 heterocycles. The number of halogens is 7. The molecule has 0 aliphatic carbocycles. The van der Waals surface area contributed by atoms with Crippen molar-refractivity contribution < 1.29 is 44.9 Å². The van der Waals surface area contributed by atoms with Gasteiger partial charge in [0.25, 0.3) is 0 Å². The maximum atomic E-state index is 15.0. The second-order valence-corrected chi connectivity index (χ2v) is 9.93. The largest absolute Gasteiger partial charge is 0.429 e. The predicted molar refractivity (Wildman–Crippen MR) is 146 cm³/mol. The SMILES string of the molecule is CC/C=C/C1COC(c2ccc(C(F)(F)Oc3ccc(-c4ccc(-c5cc(F)c(F)c(F)c5)c(F)c4)c(F)c3)cc2)OC1. The van der Waals surface area contributed by atoms with Crippen molar-refractivity contribution >= 4 is 0 Å². The van der Waals surface area contributed by atoms with Crippen LogP contribution in [0.15, 0.2) is 84.9 Å². The molecule has 0 amide bonds. The predicted octanol–water partition coefficient (Wildman–Crippen LogP) is 9.47. The Morgan fingerprint density at radius 2 is 1.33 bits per heavy atom. The third kappa shape index (κ3) is 6.76. The standard InChI is InChI=1S/C33H25F7O3/c1-2-3-4-19-17-41-32(42-18-19)20-5-8-23(9-6-20)33(39,40)43-24-10-12-25(28(35)16-24)21-7-11-26(27(34)13-21)22-14-29(36)31(38)30(37)15-22/h3-16,19,32H,2,17-18H2,1H3/b4-3+. The molecule has 0 saturated carbocycles. The maximum Gasteiger partial charge on any atom is 0.426 e. The van der Waals surface area contributed by atoms with E-state index in [1.807, 2.05) is 19.1 Å². The topological polar surface area (TPSA) is 27.7 Å². The van der Waals surface area contributed by atoms with Crippen LogP contribution in [0.2, 0.25) is 0 Å². The molecule has 0 atom stereocenters. The van der Waals surface area contributed by atoms with Crippen molar-refractivity contribution in [2.75, 3.05) is 13.2 Å². The molecule has 0 unspecified atom stereocenters. The van der Waals surface area contributed by atoms with Crippen molar-refractivity contribution in [2.24, 2.45) is 5.92 Å². The molecule has 1 saturated heterocycles. The fraction of sp³-hybridized carbons (Fsp3) is 0.212. The Hall–Kier alpha value is -4.15. The molecule has 1 aliphatic heterocycles. The van der Waals surface area contributed by atoms with Gasteiger partial charge in [-0.3, -0.25) is 0 Å². The molecule has 0 bridgehead atoms. The van der Waals surface area contributed by atoms with Crippen LogP contribution in [-0.4, -0.2) is 13.2 Å². The number of benzene rings is 4. The van der Waals surface area contributed by atoms with Gasteiger partial charge in [-0.2, -0.15) is 8.78 Å². The summed E-state index contributed by atoms with van der Waals surface area (Å²) in [5.74, 6) is -6.97. The lowest BCUT2D eigenvalue weighted by Gasteiger charge is -2.28. The smallest absolute Gasteiger partial charge is 0.426 e. The van der Waals surface area contributed by atoms with Crippen LogP contribution in [0.3, 0.4) is 0 Å². The van der Waals surface area contributed by atoms with Crippen molar-refractivity contribution in [3.63, 3.8) is 0 Å². The van der Waals surface area contributed by atoms with E-state index in [-0.39, 0.29) is 28.2 Å². The molecule has 0 spiro atoms. The minimum absolute atomic E-state index is 0.0237. The summed E-state index contributed by atoms with van der Waals surface area (Å²) in [6.45, 7) is 2.90. The molecule has 4 aromatic rings. The van der Waals surface area contributed by atoms with Crippen molar-refractivity contribution in [1.82, 2.24) is 0 Å². The van der Waals surface area contributed by atoms with Crippen LogP contribution in [0.1, 0.15) is 30.8 Å². The highest BCUT2D eigenvalue weighted by atomic mass is 19.3. The zero-order chi connectivity index (χ0) is 30.7. The summed E-state index contributed by atoms with van der Waals surface area (Å²) < 4.78 is 116. The van der Waals surface area contributed by atoms with Gasteiger partial charge in [0, 0.05) is 28.7 Å². The van der Waals surface area contributed by atoms with Gasteiger partial charge in [0.1, 0.15) is 17.4 Å². The van der Waals surface area contributed by atoms with Crippen LogP contribution < -0.4 is 4.74 Å². The highest BCUT2D eigenvalue weighted by molar-refractivity contribution is 5.72. The highest BCUT2D eigenvalue weighted by Gasteiger charge is 2.35. The Bertz CT molecular complexity index is 1610. The van der Waals surface area contributed by atoms with Crippen molar-refractivity contribution in [1.29, 1.82) is 0 Å². The zero-order valence-corrected chi connectivity index (χ0v) is 22.7. The molecule has 1 fully saturated rings. The van der Waals surface area contributed by atoms with Gasteiger partial charge in [0.15, 0.2) is 23.7 Å². The van der Waals surface area contributed by atoms with E-state index < -0.39 is 52.8 Å². The lowest BCUT2D eigenvalue weighted by molar-refractivity contribution is -0.198. The first-order chi connectivity index (χ1) is 20.6. The summed E-state index contributed by atoms with van der Waals surface area (Å²) in [5, 5.41) is 0. The van der Waals surface area contributed by atoms with E-state index in [9.17, 15) is 30.7 Å². The first kappa shape index (κ1) is 30.3. The fourth-order valence-electron chi connectivity index (χ4n) is 4.61. The lowest BCUT2D eigenvalue weighted by Crippen LogP contribution is -2.26. The zero-order valence-electron chi connectivity index (χ0n) is 22.7. The summed E-state index contributed by atoms with van der Waals surface area (Å²) in [7, 11) is 0. The molecular weight excluding hydrogens is 577 g/mol. The van der Waals surface area contributed by atoms with Crippen molar-refractivity contribution in [3.05, 3.63) is 125 Å². The van der Waals surface area contributed by atoms with Gasteiger partial charge in [-0.1, -0.05) is 43.3 Å². The number of hydrogen-bond acceptors (Lipinski definition) is 3. The van der Waals surface area contributed by atoms with E-state index >= 15 is 0 Å². The number of allylic oxidation sites excluding steroid dienone is 1. The third-order valence-corrected chi connectivity index (χ3v) is 6.85. The number of ether oxygens (including phenoxy) is 3. The van der Waals surface area contributed by atoms with Gasteiger partial charge in [0.2, 0.25) is 0 Å². The van der Waals surface area contributed by atoms with Crippen LogP contribution in [-0.2, 0) is 15.6 Å². The Balaban J connectivity index is 1.27. The fourth-order valence-corrected chi connectivity index (χ4v) is 4.61. The molecule has 0 N–H and O–H groups in total. The minimum atomic E-state index is -3.82. The summed E-state index contributed by atoms with van der Waals surface area (Å²) in [4.78, 5) is 0. The van der Waals surface area contributed by atoms with E-state index in [0.717, 1.165) is 36.8 Å². The van der Waals surface area contributed by atoms with E-state index in [0.29, 0.717) is 30.9 Å². The van der Waals surface area contributed by atoms with Gasteiger partial charge < -0.3 is 14.2 Å². The molecule has 1 aliphatic rings. The van der Waals surface area contributed by atoms with Gasteiger partial charge in [0.05, 0.1) is 18.8 Å². The van der Waals surface area contributed by atoms with Gasteiger partial charge in [-0.05, 0) is 60.0 Å². The number of alkyl halides is 2. The van der Waals surface area contributed by atoms with Crippen LogP contribution in [0.5, 0.6) is 5.75 Å². The molecule has 0 radical (unpaired) electrons. The molecule has 3 nitrogen and oxygen atoms in total. The lowest BCUT2D eigenvalue weighted by atomic mass is 9.99. The molecular formula is C33H25F7O3. The van der Waals surface area contributed by atoms with Crippen molar-refractivity contribution in [3.8, 4) is 28.0 Å². The van der Waals surface area contributed by atoms with Gasteiger partial charge >= 0.3 is 6.11 Å². The van der Waals surface area contributed by atoms with Gasteiger partial charge in [-0.25, -0.2) is 22.0 Å². The van der Waals surface area contributed by atoms with Crippen LogP contribution in [0, 0.1) is 35.0 Å². The van der Waals surface area contributed by atoms with Gasteiger partial charge in [-0.15, -0.1) is 0 Å². The summed E-state index contributed by atoms with van der Waals surface area (Å²) >= 11 is 0. The van der Waals surface area contributed by atoms with E-state index in [4.69, 9.17) is 14.2 Å². The molecule has 4 aromatic carbocycles. The van der Waals surface area contributed by atoms with E-state index in [1.54, 1.807) is 0 Å². The first-order valence-corrected chi connectivity index (χ1v) is 13.4. The third-order valence-electron chi connectivity index (χ3n) is 6.85. The summed E-state index contributed by atoms with van der Waals surface area (Å²) in [6, 6.07) is 12.8. The second kappa shape index (κ2) is 12.6. The molecule has 5 rings (SSSR count). The average Bonchev–Trinajstić information content (AvgIpc) is 2.99. The summed E-state index contributed by atoms with van der Waals surface area (Å²) in [6.07, 6.45) is 0.439. The Labute approximate surface area is 243 Å². The summed E-state index contributed by atoms with van der Waals surface area (Å²) in [5.41, 5.74) is -0.542.